The number of carbonyl (C=O) groups is 1. The molecule has 0 unspecified atom stereocenters. The molecule has 0 bridgehead atoms. The molecule has 0 spiro atoms. The summed E-state index contributed by atoms with van der Waals surface area (Å²) in [6, 6.07) is 8.68. The minimum atomic E-state index is -0.566. The number of carbonyl (C=O) groups excluding carboxylic acids is 1. The summed E-state index contributed by atoms with van der Waals surface area (Å²) in [7, 11) is 0. The number of ketones is 1. The largest absolute Gasteiger partial charge is 0.507 e. The van der Waals surface area contributed by atoms with E-state index in [4.69, 9.17) is 10.5 Å². The van der Waals surface area contributed by atoms with Gasteiger partial charge in [-0.1, -0.05) is 46.8 Å². The van der Waals surface area contributed by atoms with Crippen molar-refractivity contribution in [3.63, 3.8) is 0 Å². The van der Waals surface area contributed by atoms with E-state index in [9.17, 15) is 9.90 Å². The van der Waals surface area contributed by atoms with Crippen LogP contribution in [0, 0.1) is 0 Å². The third-order valence-electron chi connectivity index (χ3n) is 5.70. The minimum Gasteiger partial charge on any atom is -0.507 e. The zero-order valence-electron chi connectivity index (χ0n) is 19.9. The molecule has 0 saturated heterocycles. The Morgan fingerprint density at radius 3 is 2.22 bits per heavy atom. The van der Waals surface area contributed by atoms with Crippen molar-refractivity contribution in [2.24, 2.45) is 0 Å². The third-order valence-corrected chi connectivity index (χ3v) is 5.70. The summed E-state index contributed by atoms with van der Waals surface area (Å²) in [5.41, 5.74) is 7.89. The van der Waals surface area contributed by atoms with Crippen LogP contribution in [-0.4, -0.2) is 17.5 Å². The van der Waals surface area contributed by atoms with Crippen LogP contribution in [0.25, 0.3) is 6.08 Å². The number of rotatable bonds is 10. The van der Waals surface area contributed by atoms with Gasteiger partial charge in [-0.3, -0.25) is 4.79 Å². The number of anilines is 1. The molecule has 4 heteroatoms. The molecule has 170 valence electrons. The number of benzene rings is 2. The van der Waals surface area contributed by atoms with Gasteiger partial charge in [0.25, 0.3) is 0 Å². The molecule has 0 heterocycles. The molecule has 0 fully saturated rings. The van der Waals surface area contributed by atoms with Gasteiger partial charge in [-0.2, -0.15) is 0 Å². The Morgan fingerprint density at radius 1 is 1.09 bits per heavy atom. The summed E-state index contributed by atoms with van der Waals surface area (Å²) >= 11 is 0. The van der Waals surface area contributed by atoms with Crippen molar-refractivity contribution in [2.75, 3.05) is 12.3 Å². The summed E-state index contributed by atoms with van der Waals surface area (Å²) in [5.74, 6) is 0.570. The number of nitrogens with two attached hydrogens (primary N) is 1. The molecule has 0 aliphatic rings. The highest BCUT2D eigenvalue weighted by atomic mass is 16.5. The summed E-state index contributed by atoms with van der Waals surface area (Å²) in [6.07, 6.45) is 7.66. The number of ether oxygens (including phenoxy) is 1. The molecule has 2 aromatic rings. The maximum absolute atomic E-state index is 12.7. The Morgan fingerprint density at radius 2 is 1.69 bits per heavy atom. The lowest BCUT2D eigenvalue weighted by Crippen LogP contribution is -2.21. The van der Waals surface area contributed by atoms with Crippen LogP contribution in [-0.2, 0) is 10.8 Å². The Labute approximate surface area is 192 Å². The van der Waals surface area contributed by atoms with Gasteiger partial charge in [-0.25, -0.2) is 0 Å². The van der Waals surface area contributed by atoms with Crippen LogP contribution >= 0.6 is 0 Å². The number of phenols is 1. The van der Waals surface area contributed by atoms with E-state index in [0.717, 1.165) is 12.0 Å². The van der Waals surface area contributed by atoms with Crippen LogP contribution in [0.1, 0.15) is 68.1 Å². The van der Waals surface area contributed by atoms with Crippen LogP contribution in [0.2, 0.25) is 0 Å². The summed E-state index contributed by atoms with van der Waals surface area (Å²) in [4.78, 5) is 12.7. The zero-order valence-corrected chi connectivity index (χ0v) is 19.9. The molecule has 0 atom stereocenters. The highest BCUT2D eigenvalue weighted by Crippen LogP contribution is 2.47. The molecule has 0 radical (unpaired) electrons. The van der Waals surface area contributed by atoms with Gasteiger partial charge in [0, 0.05) is 38.8 Å². The molecule has 0 saturated carbocycles. The lowest BCUT2D eigenvalue weighted by atomic mass is 9.76. The lowest BCUT2D eigenvalue weighted by molar-refractivity contribution is 0.104. The van der Waals surface area contributed by atoms with Crippen molar-refractivity contribution in [3.8, 4) is 11.5 Å². The van der Waals surface area contributed by atoms with E-state index in [1.54, 1.807) is 42.5 Å². The molecule has 2 rings (SSSR count). The van der Waals surface area contributed by atoms with Gasteiger partial charge in [0.15, 0.2) is 5.78 Å². The molecule has 2 aromatic carbocycles. The van der Waals surface area contributed by atoms with Crippen LogP contribution < -0.4 is 10.5 Å². The second-order valence-electron chi connectivity index (χ2n) is 9.09. The molecular formula is C28H35NO3. The van der Waals surface area contributed by atoms with Crippen molar-refractivity contribution >= 4 is 17.5 Å². The normalized spacial score (nSPS) is 12.0. The molecule has 3 N–H and O–H groups in total. The van der Waals surface area contributed by atoms with Gasteiger partial charge in [0.05, 0.1) is 6.61 Å². The number of phenolic OH excluding ortho intramolecular Hbond substituents is 1. The average molecular weight is 434 g/mol. The fraction of sp³-hybridized carbons (Fsp3) is 0.321. The van der Waals surface area contributed by atoms with Crippen LogP contribution in [0.5, 0.6) is 11.5 Å². The van der Waals surface area contributed by atoms with Crippen molar-refractivity contribution < 1.29 is 14.6 Å². The first-order valence-electron chi connectivity index (χ1n) is 10.9. The molecular weight excluding hydrogens is 398 g/mol. The Balaban J connectivity index is 2.75. The third kappa shape index (κ3) is 5.31. The lowest BCUT2D eigenvalue weighted by Gasteiger charge is -2.31. The molecule has 0 aromatic heterocycles. The van der Waals surface area contributed by atoms with E-state index in [1.807, 2.05) is 40.7 Å². The maximum atomic E-state index is 12.7. The van der Waals surface area contributed by atoms with Crippen molar-refractivity contribution in [1.82, 2.24) is 0 Å². The summed E-state index contributed by atoms with van der Waals surface area (Å²) in [6.45, 7) is 18.3. The predicted molar refractivity (Wildman–Crippen MR) is 135 cm³/mol. The van der Waals surface area contributed by atoms with Gasteiger partial charge >= 0.3 is 0 Å². The molecule has 32 heavy (non-hydrogen) atoms. The SMILES string of the molecule is C=CC(C)(C)c1cc(/C=C/C(=O)c2ccc(N)cc2)c(OCCC)c(C(C)(C)C=C)c1O. The van der Waals surface area contributed by atoms with E-state index < -0.39 is 10.8 Å². The number of nitrogen functional groups attached to an aromatic ring is 1. The maximum Gasteiger partial charge on any atom is 0.185 e. The van der Waals surface area contributed by atoms with E-state index in [0.29, 0.717) is 34.7 Å². The standard InChI is InChI=1S/C28H35NO3/c1-8-17-32-26-20(13-16-23(30)19-11-14-21(29)15-12-19)18-22(27(4,5)9-2)25(31)24(26)28(6,7)10-3/h9-16,18,31H,2-3,8,17,29H2,1,4-7H3/b16-13+. The van der Waals surface area contributed by atoms with Gasteiger partial charge < -0.3 is 15.6 Å². The molecule has 4 nitrogen and oxygen atoms in total. The zero-order chi connectivity index (χ0) is 24.1. The van der Waals surface area contributed by atoms with Crippen LogP contribution in [0.3, 0.4) is 0 Å². The molecule has 0 aliphatic carbocycles. The molecule has 0 amide bonds. The smallest absolute Gasteiger partial charge is 0.185 e. The highest BCUT2D eigenvalue weighted by molar-refractivity contribution is 6.07. The van der Waals surface area contributed by atoms with Crippen molar-refractivity contribution in [3.05, 3.63) is 84.0 Å². The van der Waals surface area contributed by atoms with E-state index in [2.05, 4.69) is 13.2 Å². The van der Waals surface area contributed by atoms with Crippen LogP contribution in [0.4, 0.5) is 5.69 Å². The van der Waals surface area contributed by atoms with E-state index >= 15 is 0 Å². The van der Waals surface area contributed by atoms with Crippen molar-refractivity contribution in [1.29, 1.82) is 0 Å². The quantitative estimate of drug-likeness (QED) is 0.192. The number of hydrogen-bond donors (Lipinski definition) is 2. The predicted octanol–water partition coefficient (Wildman–Crippen LogP) is 6.59. The summed E-state index contributed by atoms with van der Waals surface area (Å²) in [5, 5.41) is 11.3. The van der Waals surface area contributed by atoms with Gasteiger partial charge in [0.1, 0.15) is 11.5 Å². The van der Waals surface area contributed by atoms with E-state index in [1.165, 1.54) is 6.08 Å². The highest BCUT2D eigenvalue weighted by Gasteiger charge is 2.32. The monoisotopic (exact) mass is 433 g/mol. The van der Waals surface area contributed by atoms with E-state index in [-0.39, 0.29) is 11.5 Å². The number of allylic oxidation sites excluding steroid dienone is 3. The first kappa shape index (κ1) is 25.0. The number of aromatic hydroxyl groups is 1. The Kier molecular flexibility index (Phi) is 7.73. The second-order valence-corrected chi connectivity index (χ2v) is 9.09. The van der Waals surface area contributed by atoms with Gasteiger partial charge in [-0.15, -0.1) is 13.2 Å². The summed E-state index contributed by atoms with van der Waals surface area (Å²) < 4.78 is 6.13. The van der Waals surface area contributed by atoms with Gasteiger partial charge in [0.2, 0.25) is 0 Å². The first-order chi connectivity index (χ1) is 15.0. The topological polar surface area (TPSA) is 72.6 Å². The van der Waals surface area contributed by atoms with Gasteiger partial charge in [-0.05, 0) is 48.9 Å². The Hall–Kier alpha value is -3.27. The first-order valence-corrected chi connectivity index (χ1v) is 10.9. The fourth-order valence-corrected chi connectivity index (χ4v) is 3.37. The molecule has 0 aliphatic heterocycles. The van der Waals surface area contributed by atoms with Crippen LogP contribution in [0.15, 0.2) is 61.7 Å². The van der Waals surface area contributed by atoms with Crippen molar-refractivity contribution in [2.45, 2.75) is 51.9 Å². The second kappa shape index (κ2) is 9.90. The number of hydrogen-bond acceptors (Lipinski definition) is 4. The fourth-order valence-electron chi connectivity index (χ4n) is 3.37. The minimum absolute atomic E-state index is 0.145. The Bertz CT molecular complexity index is 1030. The average Bonchev–Trinajstić information content (AvgIpc) is 2.76.